The Bertz CT molecular complexity index is 1370. The van der Waals surface area contributed by atoms with E-state index in [1.807, 2.05) is 24.3 Å². The second kappa shape index (κ2) is 8.94. The quantitative estimate of drug-likeness (QED) is 0.356. The van der Waals surface area contributed by atoms with Crippen LogP contribution in [-0.4, -0.2) is 44.5 Å². The van der Waals surface area contributed by atoms with Crippen molar-refractivity contribution < 1.29 is 23.8 Å². The number of carboxylic acids is 1. The SMILES string of the molecule is O=C(O)C[C@H]1CC[C@H](c2ccc3[nH]c(-c4nnc(Nc5ccc6c(c5)OCCO6)o4)nc3c2)CC1. The normalized spacial score (nSPS) is 19.5. The number of hydrogen-bond donors (Lipinski definition) is 3. The maximum atomic E-state index is 11.0. The number of H-pyrrole nitrogens is 1. The van der Waals surface area contributed by atoms with Crippen LogP contribution in [0.1, 0.15) is 43.6 Å². The van der Waals surface area contributed by atoms with Gasteiger partial charge in [-0.15, -0.1) is 5.10 Å². The van der Waals surface area contributed by atoms with Crippen molar-refractivity contribution in [3.8, 4) is 23.2 Å². The Morgan fingerprint density at radius 1 is 1.03 bits per heavy atom. The summed E-state index contributed by atoms with van der Waals surface area (Å²) in [5.74, 6) is 2.18. The molecule has 6 rings (SSSR count). The molecule has 3 heterocycles. The highest BCUT2D eigenvalue weighted by atomic mass is 16.6. The monoisotopic (exact) mass is 475 g/mol. The van der Waals surface area contributed by atoms with Crippen LogP contribution in [-0.2, 0) is 4.79 Å². The van der Waals surface area contributed by atoms with Gasteiger partial charge < -0.3 is 29.3 Å². The summed E-state index contributed by atoms with van der Waals surface area (Å²) in [7, 11) is 0. The molecule has 1 aliphatic carbocycles. The maximum Gasteiger partial charge on any atom is 0.320 e. The number of rotatable bonds is 6. The molecule has 10 nitrogen and oxygen atoms in total. The number of aromatic amines is 1. The van der Waals surface area contributed by atoms with E-state index in [-0.39, 0.29) is 24.2 Å². The van der Waals surface area contributed by atoms with Crippen molar-refractivity contribution in [1.82, 2.24) is 20.2 Å². The molecular formula is C25H25N5O5. The topological polar surface area (TPSA) is 135 Å². The fourth-order valence-corrected chi connectivity index (χ4v) is 4.94. The highest BCUT2D eigenvalue weighted by molar-refractivity contribution is 5.79. The van der Waals surface area contributed by atoms with Crippen LogP contribution in [0.2, 0.25) is 0 Å². The first kappa shape index (κ1) is 21.5. The molecule has 1 aliphatic heterocycles. The summed E-state index contributed by atoms with van der Waals surface area (Å²) in [5.41, 5.74) is 3.71. The van der Waals surface area contributed by atoms with Gasteiger partial charge in [0.15, 0.2) is 17.3 Å². The lowest BCUT2D eigenvalue weighted by atomic mass is 9.77. The van der Waals surface area contributed by atoms with Crippen LogP contribution in [0, 0.1) is 5.92 Å². The number of ether oxygens (including phenoxy) is 2. The van der Waals surface area contributed by atoms with Gasteiger partial charge in [0.05, 0.1) is 11.0 Å². The Hall–Kier alpha value is -4.08. The van der Waals surface area contributed by atoms with E-state index in [0.717, 1.165) is 42.4 Å². The Morgan fingerprint density at radius 3 is 2.69 bits per heavy atom. The molecule has 10 heteroatoms. The fraction of sp³-hybridized carbons (Fsp3) is 0.360. The average molecular weight is 476 g/mol. The van der Waals surface area contributed by atoms with Gasteiger partial charge in [-0.05, 0) is 67.3 Å². The molecule has 1 saturated carbocycles. The number of aromatic nitrogens is 4. The predicted molar refractivity (Wildman–Crippen MR) is 127 cm³/mol. The third-order valence-corrected chi connectivity index (χ3v) is 6.71. The average Bonchev–Trinajstić information content (AvgIpc) is 3.50. The van der Waals surface area contributed by atoms with Crippen LogP contribution in [0.15, 0.2) is 40.8 Å². The molecule has 0 bridgehead atoms. The third kappa shape index (κ3) is 4.51. The number of nitrogens with zero attached hydrogens (tertiary/aromatic N) is 3. The van der Waals surface area contributed by atoms with E-state index in [1.54, 1.807) is 0 Å². The van der Waals surface area contributed by atoms with Crippen LogP contribution >= 0.6 is 0 Å². The van der Waals surface area contributed by atoms with Gasteiger partial charge >= 0.3 is 12.0 Å². The molecule has 0 spiro atoms. The zero-order chi connectivity index (χ0) is 23.8. The highest BCUT2D eigenvalue weighted by Crippen LogP contribution is 2.38. The van der Waals surface area contributed by atoms with Crippen LogP contribution in [0.3, 0.4) is 0 Å². The minimum absolute atomic E-state index is 0.246. The minimum atomic E-state index is -0.704. The molecular weight excluding hydrogens is 450 g/mol. The van der Waals surface area contributed by atoms with E-state index in [1.165, 1.54) is 5.56 Å². The molecule has 4 aromatic rings. The molecule has 180 valence electrons. The number of benzene rings is 2. The number of hydrogen-bond acceptors (Lipinski definition) is 8. The van der Waals surface area contributed by atoms with Gasteiger partial charge in [0.1, 0.15) is 13.2 Å². The number of aliphatic carboxylic acids is 1. The van der Waals surface area contributed by atoms with Crippen molar-refractivity contribution in [2.45, 2.75) is 38.0 Å². The standard InChI is InChI=1S/C25H25N5O5/c31-22(32)11-14-1-3-15(4-2-14)16-5-7-18-19(12-16)28-23(27-18)24-29-30-25(35-24)26-17-6-8-20-21(13-17)34-10-9-33-20/h5-8,12-15H,1-4,9-11H2,(H,26,30)(H,27,28)(H,31,32)/t14-,15-. The Balaban J connectivity index is 1.16. The van der Waals surface area contributed by atoms with E-state index in [9.17, 15) is 4.79 Å². The van der Waals surface area contributed by atoms with Crippen LogP contribution in [0.25, 0.3) is 22.7 Å². The number of carbonyl (C=O) groups is 1. The Labute approximate surface area is 200 Å². The van der Waals surface area contributed by atoms with Gasteiger partial charge in [-0.1, -0.05) is 11.2 Å². The largest absolute Gasteiger partial charge is 0.486 e. The molecule has 2 aromatic carbocycles. The minimum Gasteiger partial charge on any atom is -0.486 e. The summed E-state index contributed by atoms with van der Waals surface area (Å²) in [6.45, 7) is 1.06. The third-order valence-electron chi connectivity index (χ3n) is 6.71. The van der Waals surface area contributed by atoms with E-state index in [0.29, 0.717) is 36.5 Å². The molecule has 0 atom stereocenters. The molecule has 0 radical (unpaired) electrons. The zero-order valence-electron chi connectivity index (χ0n) is 19.0. The van der Waals surface area contributed by atoms with Gasteiger partial charge in [-0.3, -0.25) is 4.79 Å². The highest BCUT2D eigenvalue weighted by Gasteiger charge is 2.24. The van der Waals surface area contributed by atoms with E-state index in [4.69, 9.17) is 19.0 Å². The van der Waals surface area contributed by atoms with Crippen LogP contribution < -0.4 is 14.8 Å². The van der Waals surface area contributed by atoms with Crippen molar-refractivity contribution >= 4 is 28.7 Å². The second-order valence-corrected chi connectivity index (χ2v) is 9.07. The van der Waals surface area contributed by atoms with Crippen molar-refractivity contribution in [1.29, 1.82) is 0 Å². The summed E-state index contributed by atoms with van der Waals surface area (Å²) in [4.78, 5) is 18.9. The molecule has 2 aromatic heterocycles. The fourth-order valence-electron chi connectivity index (χ4n) is 4.94. The number of imidazole rings is 1. The zero-order valence-corrected chi connectivity index (χ0v) is 19.0. The molecule has 0 amide bonds. The van der Waals surface area contributed by atoms with Crippen molar-refractivity contribution in [3.05, 3.63) is 42.0 Å². The molecule has 1 fully saturated rings. The van der Waals surface area contributed by atoms with Gasteiger partial charge in [-0.25, -0.2) is 4.98 Å². The first-order chi connectivity index (χ1) is 17.1. The van der Waals surface area contributed by atoms with Crippen LogP contribution in [0.4, 0.5) is 11.7 Å². The molecule has 35 heavy (non-hydrogen) atoms. The van der Waals surface area contributed by atoms with E-state index < -0.39 is 5.97 Å². The van der Waals surface area contributed by atoms with Gasteiger partial charge in [0.25, 0.3) is 5.89 Å². The van der Waals surface area contributed by atoms with Gasteiger partial charge in [0, 0.05) is 18.2 Å². The lowest BCUT2D eigenvalue weighted by molar-refractivity contribution is -0.138. The summed E-state index contributed by atoms with van der Waals surface area (Å²) < 4.78 is 17.0. The Morgan fingerprint density at radius 2 is 1.86 bits per heavy atom. The first-order valence-corrected chi connectivity index (χ1v) is 11.8. The van der Waals surface area contributed by atoms with E-state index >= 15 is 0 Å². The lowest BCUT2D eigenvalue weighted by Gasteiger charge is -2.27. The summed E-state index contributed by atoms with van der Waals surface area (Å²) in [5, 5.41) is 20.3. The smallest absolute Gasteiger partial charge is 0.320 e. The van der Waals surface area contributed by atoms with E-state index in [2.05, 4.69) is 37.6 Å². The van der Waals surface area contributed by atoms with Crippen molar-refractivity contribution in [3.63, 3.8) is 0 Å². The van der Waals surface area contributed by atoms with Gasteiger partial charge in [0.2, 0.25) is 0 Å². The molecule has 2 aliphatic rings. The molecule has 3 N–H and O–H groups in total. The van der Waals surface area contributed by atoms with Crippen molar-refractivity contribution in [2.24, 2.45) is 5.92 Å². The number of nitrogens with one attached hydrogen (secondary N) is 2. The maximum absolute atomic E-state index is 11.0. The second-order valence-electron chi connectivity index (χ2n) is 9.07. The summed E-state index contributed by atoms with van der Waals surface area (Å²) in [6, 6.07) is 12.0. The van der Waals surface area contributed by atoms with Gasteiger partial charge in [-0.2, -0.15) is 0 Å². The van der Waals surface area contributed by atoms with Crippen LogP contribution in [0.5, 0.6) is 11.5 Å². The number of fused-ring (bicyclic) bond motifs is 2. The first-order valence-electron chi connectivity index (χ1n) is 11.8. The number of carboxylic acid groups (broad SMARTS) is 1. The number of anilines is 2. The molecule has 0 saturated heterocycles. The molecule has 0 unspecified atom stereocenters. The summed E-state index contributed by atoms with van der Waals surface area (Å²) in [6.07, 6.45) is 4.16. The summed E-state index contributed by atoms with van der Waals surface area (Å²) >= 11 is 0. The Kier molecular flexibility index (Phi) is 5.48. The lowest BCUT2D eigenvalue weighted by Crippen LogP contribution is -2.16. The van der Waals surface area contributed by atoms with Crippen molar-refractivity contribution in [2.75, 3.05) is 18.5 Å². The predicted octanol–water partition coefficient (Wildman–Crippen LogP) is 4.88.